The van der Waals surface area contributed by atoms with Crippen LogP contribution in [-0.2, 0) is 6.42 Å². The van der Waals surface area contributed by atoms with Crippen molar-refractivity contribution in [3.8, 4) is 11.3 Å². The molecule has 38 heavy (non-hydrogen) atoms. The Kier molecular flexibility index (Phi) is 6.92. The van der Waals surface area contributed by atoms with E-state index in [1.807, 2.05) is 42.5 Å². The Balaban J connectivity index is 1.07. The Morgan fingerprint density at radius 2 is 1.95 bits per heavy atom. The van der Waals surface area contributed by atoms with E-state index in [-0.39, 0.29) is 11.8 Å². The molecule has 2 aromatic heterocycles. The quantitative estimate of drug-likeness (QED) is 0.333. The van der Waals surface area contributed by atoms with Gasteiger partial charge in [0.2, 0.25) is 0 Å². The Morgan fingerprint density at radius 3 is 2.76 bits per heavy atom. The van der Waals surface area contributed by atoms with E-state index in [0.717, 1.165) is 73.5 Å². The van der Waals surface area contributed by atoms with Gasteiger partial charge in [0.25, 0.3) is 11.8 Å². The highest BCUT2D eigenvalue weighted by molar-refractivity contribution is 5.98. The fourth-order valence-electron chi connectivity index (χ4n) is 5.71. The van der Waals surface area contributed by atoms with Crippen molar-refractivity contribution in [2.75, 3.05) is 38.1 Å². The molecule has 1 atom stereocenters. The van der Waals surface area contributed by atoms with Gasteiger partial charge >= 0.3 is 0 Å². The maximum Gasteiger partial charge on any atom is 0.254 e. The molecule has 0 radical (unpaired) electrons. The van der Waals surface area contributed by atoms with Crippen LogP contribution in [0.1, 0.15) is 57.7 Å². The Bertz CT molecular complexity index is 1340. The molecule has 2 fully saturated rings. The van der Waals surface area contributed by atoms with Crippen molar-refractivity contribution >= 4 is 23.8 Å². The van der Waals surface area contributed by atoms with Gasteiger partial charge in [0, 0.05) is 60.8 Å². The van der Waals surface area contributed by atoms with Crippen LogP contribution in [-0.4, -0.2) is 76.6 Å². The Hall–Kier alpha value is -3.98. The molecule has 2 saturated heterocycles. The monoisotopic (exact) mass is 511 g/mol. The molecule has 9 heteroatoms. The third-order valence-corrected chi connectivity index (χ3v) is 7.73. The number of benzene rings is 1. The van der Waals surface area contributed by atoms with Crippen molar-refractivity contribution < 1.29 is 9.59 Å². The third-order valence-electron chi connectivity index (χ3n) is 7.73. The number of fused-ring (bicyclic) bond motifs is 1. The maximum absolute atomic E-state index is 13.2. The number of aromatic amines is 1. The number of hydrogen-bond acceptors (Lipinski definition) is 6. The van der Waals surface area contributed by atoms with Gasteiger partial charge in [0.1, 0.15) is 5.82 Å². The number of nitrogens with one attached hydrogen (secondary N) is 3. The second-order valence-electron chi connectivity index (χ2n) is 10.3. The van der Waals surface area contributed by atoms with Crippen molar-refractivity contribution in [1.29, 1.82) is 0 Å². The SMILES string of the molecule is O=C1NCCc2[nH]c(-c3ccnc(N/N=C/c4ccc(C(=O)N5CCCC5CN5CCCC5)cc4)c3)cc21. The zero-order chi connectivity index (χ0) is 25.9. The molecular formula is C29H33N7O2. The van der Waals surface area contributed by atoms with E-state index in [0.29, 0.717) is 24.0 Å². The van der Waals surface area contributed by atoms with Gasteiger partial charge < -0.3 is 20.1 Å². The molecule has 196 valence electrons. The van der Waals surface area contributed by atoms with Gasteiger partial charge in [-0.2, -0.15) is 5.10 Å². The molecular weight excluding hydrogens is 478 g/mol. The largest absolute Gasteiger partial charge is 0.358 e. The van der Waals surface area contributed by atoms with Crippen LogP contribution >= 0.6 is 0 Å². The first-order chi connectivity index (χ1) is 18.6. The molecule has 1 aromatic carbocycles. The summed E-state index contributed by atoms with van der Waals surface area (Å²) in [6, 6.07) is 13.6. The normalized spacial score (nSPS) is 19.6. The number of amides is 2. The zero-order valence-electron chi connectivity index (χ0n) is 21.4. The first kappa shape index (κ1) is 24.4. The molecule has 3 aliphatic rings. The molecule has 0 saturated carbocycles. The van der Waals surface area contributed by atoms with E-state index in [4.69, 9.17) is 0 Å². The van der Waals surface area contributed by atoms with Crippen molar-refractivity contribution in [3.05, 3.63) is 71.0 Å². The lowest BCUT2D eigenvalue weighted by molar-refractivity contribution is 0.0708. The minimum absolute atomic E-state index is 0.0409. The van der Waals surface area contributed by atoms with E-state index < -0.39 is 0 Å². The fourth-order valence-corrected chi connectivity index (χ4v) is 5.71. The molecule has 3 aromatic rings. The number of carbonyl (C=O) groups excluding carboxylic acids is 2. The highest BCUT2D eigenvalue weighted by Crippen LogP contribution is 2.25. The molecule has 1 unspecified atom stereocenters. The van der Waals surface area contributed by atoms with Crippen LogP contribution in [0.5, 0.6) is 0 Å². The number of aromatic nitrogens is 2. The second kappa shape index (κ2) is 10.8. The summed E-state index contributed by atoms with van der Waals surface area (Å²) in [5.41, 5.74) is 8.06. The van der Waals surface area contributed by atoms with Gasteiger partial charge in [-0.3, -0.25) is 15.0 Å². The average Bonchev–Trinajstić information content (AvgIpc) is 3.71. The predicted molar refractivity (Wildman–Crippen MR) is 147 cm³/mol. The summed E-state index contributed by atoms with van der Waals surface area (Å²) < 4.78 is 0. The highest BCUT2D eigenvalue weighted by atomic mass is 16.2. The van der Waals surface area contributed by atoms with Gasteiger partial charge in [-0.25, -0.2) is 4.98 Å². The van der Waals surface area contributed by atoms with E-state index >= 15 is 0 Å². The minimum Gasteiger partial charge on any atom is -0.358 e. The predicted octanol–water partition coefficient (Wildman–Crippen LogP) is 3.51. The van der Waals surface area contributed by atoms with E-state index in [1.54, 1.807) is 12.4 Å². The van der Waals surface area contributed by atoms with Crippen molar-refractivity contribution in [1.82, 2.24) is 25.1 Å². The first-order valence-corrected chi connectivity index (χ1v) is 13.5. The van der Waals surface area contributed by atoms with Crippen LogP contribution in [0.2, 0.25) is 0 Å². The number of pyridine rings is 1. The number of hydrogen-bond donors (Lipinski definition) is 3. The van der Waals surface area contributed by atoms with Crippen molar-refractivity contribution in [3.63, 3.8) is 0 Å². The maximum atomic E-state index is 13.2. The molecule has 6 rings (SSSR count). The average molecular weight is 512 g/mol. The summed E-state index contributed by atoms with van der Waals surface area (Å²) in [5, 5.41) is 7.20. The number of likely N-dealkylation sites (tertiary alicyclic amines) is 2. The molecule has 5 heterocycles. The number of H-pyrrole nitrogens is 1. The summed E-state index contributed by atoms with van der Waals surface area (Å²) in [5.74, 6) is 0.680. The third kappa shape index (κ3) is 5.19. The van der Waals surface area contributed by atoms with Crippen LogP contribution < -0.4 is 10.7 Å². The van der Waals surface area contributed by atoms with Crippen LogP contribution in [0.15, 0.2) is 53.8 Å². The number of carbonyl (C=O) groups is 2. The lowest BCUT2D eigenvalue weighted by Gasteiger charge is -2.28. The molecule has 0 bridgehead atoms. The molecule has 3 N–H and O–H groups in total. The molecule has 9 nitrogen and oxygen atoms in total. The molecule has 3 aliphatic heterocycles. The highest BCUT2D eigenvalue weighted by Gasteiger charge is 2.31. The lowest BCUT2D eigenvalue weighted by Crippen LogP contribution is -2.42. The van der Waals surface area contributed by atoms with Crippen LogP contribution in [0, 0.1) is 0 Å². The van der Waals surface area contributed by atoms with Crippen LogP contribution in [0.4, 0.5) is 5.82 Å². The summed E-state index contributed by atoms with van der Waals surface area (Å²) in [6.45, 7) is 4.81. The van der Waals surface area contributed by atoms with Crippen LogP contribution in [0.25, 0.3) is 11.3 Å². The number of hydrazone groups is 1. The second-order valence-corrected chi connectivity index (χ2v) is 10.3. The summed E-state index contributed by atoms with van der Waals surface area (Å²) >= 11 is 0. The van der Waals surface area contributed by atoms with Crippen LogP contribution in [0.3, 0.4) is 0 Å². The van der Waals surface area contributed by atoms with Gasteiger partial charge in [-0.1, -0.05) is 12.1 Å². The van der Waals surface area contributed by atoms with Gasteiger partial charge in [0.15, 0.2) is 0 Å². The lowest BCUT2D eigenvalue weighted by atomic mass is 10.1. The molecule has 0 spiro atoms. The standard InChI is InChI=1S/C29H33N7O2/c37-28-24-17-26(33-25(24)10-12-31-28)22-9-11-30-27(16-22)34-32-18-20-5-7-21(8-6-20)29(38)36-15-3-4-23(36)19-35-13-1-2-14-35/h5-9,11,16-18,23,33H,1-4,10,12-15,19H2,(H,30,34)(H,31,37)/b32-18+. The molecule has 0 aliphatic carbocycles. The van der Waals surface area contributed by atoms with Gasteiger partial charge in [-0.15, -0.1) is 0 Å². The minimum atomic E-state index is -0.0409. The Labute approximate surface area is 222 Å². The van der Waals surface area contributed by atoms with Gasteiger partial charge in [0.05, 0.1) is 11.8 Å². The Morgan fingerprint density at radius 1 is 1.11 bits per heavy atom. The van der Waals surface area contributed by atoms with Crippen molar-refractivity contribution in [2.24, 2.45) is 5.10 Å². The zero-order valence-corrected chi connectivity index (χ0v) is 21.4. The van der Waals surface area contributed by atoms with E-state index in [9.17, 15) is 9.59 Å². The first-order valence-electron chi connectivity index (χ1n) is 13.5. The number of nitrogens with zero attached hydrogens (tertiary/aromatic N) is 4. The summed E-state index contributed by atoms with van der Waals surface area (Å²) in [6.07, 6.45) is 8.94. The number of anilines is 1. The number of rotatable bonds is 7. The molecule has 2 amide bonds. The smallest absolute Gasteiger partial charge is 0.254 e. The van der Waals surface area contributed by atoms with E-state index in [2.05, 4.69) is 35.6 Å². The van der Waals surface area contributed by atoms with Gasteiger partial charge in [-0.05, 0) is 74.7 Å². The van der Waals surface area contributed by atoms with E-state index in [1.165, 1.54) is 12.8 Å². The summed E-state index contributed by atoms with van der Waals surface area (Å²) in [7, 11) is 0. The summed E-state index contributed by atoms with van der Waals surface area (Å²) in [4.78, 5) is 37.5. The van der Waals surface area contributed by atoms with Crippen molar-refractivity contribution in [2.45, 2.75) is 38.1 Å². The topological polar surface area (TPSA) is 106 Å². The fraction of sp³-hybridized carbons (Fsp3) is 0.379.